The minimum Gasteiger partial charge on any atom is -0.406 e. The van der Waals surface area contributed by atoms with E-state index >= 15 is 0 Å². The van der Waals surface area contributed by atoms with Gasteiger partial charge in [-0.05, 0) is 18.1 Å². The summed E-state index contributed by atoms with van der Waals surface area (Å²) in [4.78, 5) is 27.7. The van der Waals surface area contributed by atoms with Gasteiger partial charge >= 0.3 is 6.36 Å². The highest BCUT2D eigenvalue weighted by Gasteiger charge is 2.31. The van der Waals surface area contributed by atoms with Crippen molar-refractivity contribution < 1.29 is 27.5 Å². The first-order valence-corrected chi connectivity index (χ1v) is 8.36. The lowest BCUT2D eigenvalue weighted by molar-refractivity contribution is -0.274. The second-order valence-corrected chi connectivity index (χ2v) is 6.76. The molecule has 2 amide bonds. The molecule has 0 spiro atoms. The van der Waals surface area contributed by atoms with E-state index in [1.165, 1.54) is 12.1 Å². The lowest BCUT2D eigenvalue weighted by atomic mass is 10.1. The Hall–Kier alpha value is -2.40. The molecule has 1 heterocycles. The van der Waals surface area contributed by atoms with E-state index < -0.39 is 24.2 Å². The fraction of sp³-hybridized carbons (Fsp3) is 0.400. The van der Waals surface area contributed by atoms with Crippen LogP contribution in [0, 0.1) is 5.92 Å². The number of aromatic nitrogens is 1. The number of carbonyl (C=O) groups excluding carboxylic acids is 2. The van der Waals surface area contributed by atoms with Crippen molar-refractivity contribution in [3.8, 4) is 5.75 Å². The van der Waals surface area contributed by atoms with Gasteiger partial charge in [0.15, 0.2) is 5.13 Å². The Morgan fingerprint density at radius 1 is 1.35 bits per heavy atom. The van der Waals surface area contributed by atoms with E-state index in [0.717, 1.165) is 17.4 Å². The SMILES string of the molecule is CC(C)[C@@H](N)C(=O)NCC(=O)Nc1nc2ccc(OC(F)(F)F)cc2s1. The van der Waals surface area contributed by atoms with Gasteiger partial charge in [-0.15, -0.1) is 13.2 Å². The molecule has 0 saturated carbocycles. The molecule has 7 nitrogen and oxygen atoms in total. The van der Waals surface area contributed by atoms with Crippen LogP contribution in [0.5, 0.6) is 5.75 Å². The van der Waals surface area contributed by atoms with Crippen molar-refractivity contribution in [2.75, 3.05) is 11.9 Å². The van der Waals surface area contributed by atoms with E-state index in [4.69, 9.17) is 5.73 Å². The summed E-state index contributed by atoms with van der Waals surface area (Å²) in [6, 6.07) is 2.94. The summed E-state index contributed by atoms with van der Waals surface area (Å²) in [5, 5.41) is 5.07. The molecule has 2 rings (SSSR count). The third-order valence-corrected chi connectivity index (χ3v) is 4.22. The Balaban J connectivity index is 1.98. The number of alkyl halides is 3. The van der Waals surface area contributed by atoms with Crippen LogP contribution < -0.4 is 21.1 Å². The molecule has 0 unspecified atom stereocenters. The third-order valence-electron chi connectivity index (χ3n) is 3.28. The van der Waals surface area contributed by atoms with Crippen LogP contribution in [0.2, 0.25) is 0 Å². The number of rotatable bonds is 6. The number of ether oxygens (including phenoxy) is 1. The molecule has 4 N–H and O–H groups in total. The predicted molar refractivity (Wildman–Crippen MR) is 90.8 cm³/mol. The number of thiazole rings is 1. The van der Waals surface area contributed by atoms with E-state index in [1.54, 1.807) is 13.8 Å². The first-order valence-electron chi connectivity index (χ1n) is 7.54. The Morgan fingerprint density at radius 3 is 2.65 bits per heavy atom. The van der Waals surface area contributed by atoms with Crippen molar-refractivity contribution in [2.45, 2.75) is 26.3 Å². The highest BCUT2D eigenvalue weighted by Crippen LogP contribution is 2.31. The van der Waals surface area contributed by atoms with Gasteiger partial charge in [-0.2, -0.15) is 0 Å². The minimum absolute atomic E-state index is 0.0737. The summed E-state index contributed by atoms with van der Waals surface area (Å²) in [5.41, 5.74) is 6.07. The zero-order valence-corrected chi connectivity index (χ0v) is 14.7. The molecule has 26 heavy (non-hydrogen) atoms. The van der Waals surface area contributed by atoms with Gasteiger partial charge in [0, 0.05) is 6.07 Å². The van der Waals surface area contributed by atoms with E-state index in [1.807, 2.05) is 0 Å². The normalized spacial score (nSPS) is 12.9. The Labute approximate surface area is 150 Å². The number of benzene rings is 1. The quantitative estimate of drug-likeness (QED) is 0.701. The molecule has 11 heteroatoms. The monoisotopic (exact) mass is 390 g/mol. The molecule has 0 saturated heterocycles. The van der Waals surface area contributed by atoms with Gasteiger partial charge in [-0.25, -0.2) is 4.98 Å². The average Bonchev–Trinajstić information content (AvgIpc) is 2.91. The number of hydrogen-bond acceptors (Lipinski definition) is 6. The Bertz CT molecular complexity index is 807. The van der Waals surface area contributed by atoms with Crippen LogP contribution in [0.25, 0.3) is 10.2 Å². The first-order chi connectivity index (χ1) is 12.0. The average molecular weight is 390 g/mol. The second kappa shape index (κ2) is 7.87. The number of amides is 2. The lowest BCUT2D eigenvalue weighted by Gasteiger charge is -2.14. The standard InChI is InChI=1S/C15H17F3N4O3S/c1-7(2)12(19)13(24)20-6-11(23)22-14-21-9-4-3-8(5-10(9)26-14)25-15(16,17)18/h3-5,7,12H,6,19H2,1-2H3,(H,20,24)(H,21,22,23)/t12-/m1/s1. The number of halogens is 3. The molecule has 1 aromatic carbocycles. The maximum absolute atomic E-state index is 12.2. The van der Waals surface area contributed by atoms with E-state index in [0.29, 0.717) is 10.2 Å². The highest BCUT2D eigenvalue weighted by molar-refractivity contribution is 7.22. The number of hydrogen-bond donors (Lipinski definition) is 3. The van der Waals surface area contributed by atoms with Crippen molar-refractivity contribution in [3.05, 3.63) is 18.2 Å². The molecular weight excluding hydrogens is 373 g/mol. The molecule has 0 radical (unpaired) electrons. The van der Waals surface area contributed by atoms with Crippen LogP contribution >= 0.6 is 11.3 Å². The zero-order chi connectivity index (χ0) is 19.5. The lowest BCUT2D eigenvalue weighted by Crippen LogP contribution is -2.46. The summed E-state index contributed by atoms with van der Waals surface area (Å²) in [6.45, 7) is 3.27. The van der Waals surface area contributed by atoms with Crippen molar-refractivity contribution in [3.63, 3.8) is 0 Å². The van der Waals surface area contributed by atoms with Crippen LogP contribution in [0.3, 0.4) is 0 Å². The number of carbonyl (C=O) groups is 2. The number of anilines is 1. The van der Waals surface area contributed by atoms with Crippen LogP contribution in [0.15, 0.2) is 18.2 Å². The van der Waals surface area contributed by atoms with E-state index in [2.05, 4.69) is 20.4 Å². The van der Waals surface area contributed by atoms with Crippen LogP contribution in [0.4, 0.5) is 18.3 Å². The molecule has 0 bridgehead atoms. The summed E-state index contributed by atoms with van der Waals surface area (Å²) in [6.07, 6.45) is -4.79. The van der Waals surface area contributed by atoms with Crippen molar-refractivity contribution in [1.29, 1.82) is 0 Å². The van der Waals surface area contributed by atoms with Gasteiger partial charge in [0.1, 0.15) is 5.75 Å². The van der Waals surface area contributed by atoms with Crippen LogP contribution in [0.1, 0.15) is 13.8 Å². The predicted octanol–water partition coefficient (Wildman–Crippen LogP) is 2.23. The van der Waals surface area contributed by atoms with Crippen LogP contribution in [-0.4, -0.2) is 35.7 Å². The smallest absolute Gasteiger partial charge is 0.406 e. The van der Waals surface area contributed by atoms with Gasteiger partial charge < -0.3 is 21.1 Å². The van der Waals surface area contributed by atoms with Gasteiger partial charge in [-0.1, -0.05) is 25.2 Å². The van der Waals surface area contributed by atoms with Gasteiger partial charge in [-0.3, -0.25) is 9.59 Å². The fourth-order valence-corrected chi connectivity index (χ4v) is 2.82. The van der Waals surface area contributed by atoms with Gasteiger partial charge in [0.05, 0.1) is 22.8 Å². The molecule has 0 aliphatic heterocycles. The molecule has 0 fully saturated rings. The highest BCUT2D eigenvalue weighted by atomic mass is 32.1. The zero-order valence-electron chi connectivity index (χ0n) is 13.9. The van der Waals surface area contributed by atoms with Gasteiger partial charge in [0.2, 0.25) is 11.8 Å². The Morgan fingerprint density at radius 2 is 2.04 bits per heavy atom. The molecule has 2 aromatic rings. The molecule has 0 aliphatic carbocycles. The molecule has 142 valence electrons. The molecule has 1 atom stereocenters. The van der Waals surface area contributed by atoms with E-state index in [9.17, 15) is 22.8 Å². The fourth-order valence-electron chi connectivity index (χ4n) is 1.91. The maximum atomic E-state index is 12.2. The molecular formula is C15H17F3N4O3S. The van der Waals surface area contributed by atoms with Crippen molar-refractivity contribution >= 4 is 38.5 Å². The molecule has 1 aromatic heterocycles. The van der Waals surface area contributed by atoms with E-state index in [-0.39, 0.29) is 23.3 Å². The Kier molecular flexibility index (Phi) is 6.03. The number of fused-ring (bicyclic) bond motifs is 1. The summed E-state index contributed by atoms with van der Waals surface area (Å²) in [5.74, 6) is -1.43. The summed E-state index contributed by atoms with van der Waals surface area (Å²) < 4.78 is 41.0. The topological polar surface area (TPSA) is 106 Å². The second-order valence-electron chi connectivity index (χ2n) is 5.73. The van der Waals surface area contributed by atoms with Crippen LogP contribution in [-0.2, 0) is 9.59 Å². The first kappa shape index (κ1) is 19.9. The van der Waals surface area contributed by atoms with Crippen molar-refractivity contribution in [1.82, 2.24) is 10.3 Å². The number of nitrogens with one attached hydrogen (secondary N) is 2. The number of nitrogens with two attached hydrogens (primary N) is 1. The maximum Gasteiger partial charge on any atom is 0.573 e. The number of nitrogens with zero attached hydrogens (tertiary/aromatic N) is 1. The summed E-state index contributed by atoms with van der Waals surface area (Å²) in [7, 11) is 0. The van der Waals surface area contributed by atoms with Crippen molar-refractivity contribution in [2.24, 2.45) is 11.7 Å². The molecule has 0 aliphatic rings. The summed E-state index contributed by atoms with van der Waals surface area (Å²) >= 11 is 0.983. The third kappa shape index (κ3) is 5.56. The minimum atomic E-state index is -4.79. The van der Waals surface area contributed by atoms with Gasteiger partial charge in [0.25, 0.3) is 0 Å². The largest absolute Gasteiger partial charge is 0.573 e.